The van der Waals surface area contributed by atoms with Gasteiger partial charge >= 0.3 is 0 Å². The van der Waals surface area contributed by atoms with Gasteiger partial charge in [-0.2, -0.15) is 0 Å². The molecule has 4 atom stereocenters. The van der Waals surface area contributed by atoms with E-state index in [2.05, 4.69) is 0 Å². The number of methoxy groups -OCH3 is 1. The molecule has 5 N–H and O–H groups in total. The first kappa shape index (κ1) is 23.0. The van der Waals surface area contributed by atoms with Gasteiger partial charge in [-0.3, -0.25) is 14.4 Å². The predicted molar refractivity (Wildman–Crippen MR) is 114 cm³/mol. The highest BCUT2D eigenvalue weighted by molar-refractivity contribution is 5.95. The van der Waals surface area contributed by atoms with Crippen molar-refractivity contribution >= 4 is 17.7 Å². The number of nitrogens with zero attached hydrogens (tertiary/aromatic N) is 2. The lowest BCUT2D eigenvalue weighted by Gasteiger charge is -2.39. The van der Waals surface area contributed by atoms with Gasteiger partial charge in [0, 0.05) is 19.5 Å². The van der Waals surface area contributed by atoms with Gasteiger partial charge in [-0.05, 0) is 50.3 Å². The van der Waals surface area contributed by atoms with E-state index in [-0.39, 0.29) is 5.91 Å². The molecule has 2 saturated heterocycles. The molecule has 1 aromatic rings. The Morgan fingerprint density at radius 2 is 1.90 bits per heavy atom. The van der Waals surface area contributed by atoms with E-state index in [0.29, 0.717) is 50.9 Å². The molecular weight excluding hydrogens is 400 g/mol. The number of hydrogen-bond acceptors (Lipinski definition) is 6. The number of benzene rings is 1. The standard InChI is InChI=1S/C22H32N4O5/c1-14(27)18(23)20(29)25-11-3-5-17(25)19(28)26-12-4-10-22(26,21(24)30)13-15-6-8-16(31-2)9-7-15/h6-9,14,17-18,27H,3-5,10-13,23H2,1-2H3,(H2,24,30)/t14-,17+,18+,22+/m1/s1. The third kappa shape index (κ3) is 4.38. The first-order valence-electron chi connectivity index (χ1n) is 10.7. The number of primary amides is 1. The van der Waals surface area contributed by atoms with Crippen molar-refractivity contribution in [3.8, 4) is 5.75 Å². The third-order valence-corrected chi connectivity index (χ3v) is 6.49. The van der Waals surface area contributed by atoms with Crippen molar-refractivity contribution in [1.82, 2.24) is 9.80 Å². The SMILES string of the molecule is COc1ccc(C[C@]2(C(N)=O)CCCN2C(=O)[C@@H]2CCCN2C(=O)[C@@H](N)[C@@H](C)O)cc1. The summed E-state index contributed by atoms with van der Waals surface area (Å²) in [5.74, 6) is -0.588. The molecule has 9 nitrogen and oxygen atoms in total. The monoisotopic (exact) mass is 432 g/mol. The molecule has 1 aromatic carbocycles. The maximum atomic E-state index is 13.6. The van der Waals surface area contributed by atoms with Crippen molar-refractivity contribution in [3.63, 3.8) is 0 Å². The van der Waals surface area contributed by atoms with Crippen LogP contribution < -0.4 is 16.2 Å². The number of hydrogen-bond donors (Lipinski definition) is 3. The number of aliphatic hydroxyl groups is 1. The Bertz CT molecular complexity index is 828. The largest absolute Gasteiger partial charge is 0.497 e. The van der Waals surface area contributed by atoms with Crippen LogP contribution in [-0.2, 0) is 20.8 Å². The van der Waals surface area contributed by atoms with E-state index in [1.165, 1.54) is 11.8 Å². The summed E-state index contributed by atoms with van der Waals surface area (Å²) in [5, 5.41) is 9.71. The van der Waals surface area contributed by atoms with E-state index in [0.717, 1.165) is 5.56 Å². The minimum absolute atomic E-state index is 0.284. The van der Waals surface area contributed by atoms with Crippen LogP contribution in [0.15, 0.2) is 24.3 Å². The van der Waals surface area contributed by atoms with E-state index in [4.69, 9.17) is 16.2 Å². The average molecular weight is 433 g/mol. The van der Waals surface area contributed by atoms with Crippen LogP contribution in [0, 0.1) is 0 Å². The highest BCUT2D eigenvalue weighted by Gasteiger charge is 2.51. The van der Waals surface area contributed by atoms with Crippen LogP contribution in [0.5, 0.6) is 5.75 Å². The summed E-state index contributed by atoms with van der Waals surface area (Å²) >= 11 is 0. The molecule has 2 fully saturated rings. The predicted octanol–water partition coefficient (Wildman–Crippen LogP) is -0.217. The fourth-order valence-corrected chi connectivity index (χ4v) is 4.67. The van der Waals surface area contributed by atoms with E-state index in [9.17, 15) is 19.5 Å². The van der Waals surface area contributed by atoms with Crippen LogP contribution in [0.3, 0.4) is 0 Å². The average Bonchev–Trinajstić information content (AvgIpc) is 3.40. The molecule has 2 aliphatic heterocycles. The van der Waals surface area contributed by atoms with Gasteiger partial charge in [0.25, 0.3) is 0 Å². The van der Waals surface area contributed by atoms with Gasteiger partial charge in [0.05, 0.1) is 13.2 Å². The van der Waals surface area contributed by atoms with Crippen molar-refractivity contribution in [2.45, 2.75) is 62.8 Å². The lowest BCUT2D eigenvalue weighted by molar-refractivity contribution is -0.151. The fraction of sp³-hybridized carbons (Fsp3) is 0.591. The van der Waals surface area contributed by atoms with Crippen LogP contribution in [0.4, 0.5) is 0 Å². The lowest BCUT2D eigenvalue weighted by Crippen LogP contribution is -2.62. The van der Waals surface area contributed by atoms with Crippen molar-refractivity contribution in [2.75, 3.05) is 20.2 Å². The fourth-order valence-electron chi connectivity index (χ4n) is 4.67. The summed E-state index contributed by atoms with van der Waals surface area (Å²) in [5.41, 5.74) is 11.4. The quantitative estimate of drug-likeness (QED) is 0.544. The van der Waals surface area contributed by atoms with Crippen LogP contribution in [-0.4, -0.2) is 76.6 Å². The number of aliphatic hydroxyl groups excluding tert-OH is 1. The summed E-state index contributed by atoms with van der Waals surface area (Å²) in [7, 11) is 1.58. The summed E-state index contributed by atoms with van der Waals surface area (Å²) in [6.07, 6.45) is 1.55. The molecule has 0 unspecified atom stereocenters. The van der Waals surface area contributed by atoms with Crippen molar-refractivity contribution in [2.24, 2.45) is 11.5 Å². The van der Waals surface area contributed by atoms with E-state index in [1.807, 2.05) is 12.1 Å². The zero-order valence-corrected chi connectivity index (χ0v) is 18.1. The molecule has 3 amide bonds. The number of rotatable bonds is 7. The molecule has 0 aromatic heterocycles. The Kier molecular flexibility index (Phi) is 6.86. The minimum atomic E-state index is -1.14. The Balaban J connectivity index is 1.85. The molecule has 9 heteroatoms. The van der Waals surface area contributed by atoms with E-state index < -0.39 is 35.5 Å². The molecule has 0 saturated carbocycles. The molecule has 2 heterocycles. The zero-order chi connectivity index (χ0) is 22.8. The molecule has 31 heavy (non-hydrogen) atoms. The second kappa shape index (κ2) is 9.23. The number of likely N-dealkylation sites (tertiary alicyclic amines) is 2. The van der Waals surface area contributed by atoms with E-state index in [1.54, 1.807) is 24.1 Å². The maximum Gasteiger partial charge on any atom is 0.246 e. The number of amides is 3. The number of ether oxygens (including phenoxy) is 1. The number of carbonyl (C=O) groups is 3. The third-order valence-electron chi connectivity index (χ3n) is 6.49. The molecular formula is C22H32N4O5. The first-order chi connectivity index (χ1) is 14.7. The van der Waals surface area contributed by atoms with Crippen molar-refractivity contribution in [1.29, 1.82) is 0 Å². The van der Waals surface area contributed by atoms with Gasteiger partial charge in [-0.1, -0.05) is 12.1 Å². The van der Waals surface area contributed by atoms with Crippen LogP contribution in [0.25, 0.3) is 0 Å². The Morgan fingerprint density at radius 1 is 1.23 bits per heavy atom. The molecule has 170 valence electrons. The Morgan fingerprint density at radius 3 is 2.48 bits per heavy atom. The highest BCUT2D eigenvalue weighted by Crippen LogP contribution is 2.35. The summed E-state index contributed by atoms with van der Waals surface area (Å²) < 4.78 is 5.19. The molecule has 0 aliphatic carbocycles. The van der Waals surface area contributed by atoms with Gasteiger partial charge < -0.3 is 31.1 Å². The summed E-state index contributed by atoms with van der Waals surface area (Å²) in [4.78, 5) is 42.0. The Labute approximate surface area is 182 Å². The van der Waals surface area contributed by atoms with Crippen molar-refractivity contribution in [3.05, 3.63) is 29.8 Å². The Hall–Kier alpha value is -2.65. The van der Waals surface area contributed by atoms with Gasteiger partial charge in [0.1, 0.15) is 23.4 Å². The normalized spacial score (nSPS) is 25.4. The summed E-state index contributed by atoms with van der Waals surface area (Å²) in [6, 6.07) is 5.53. The molecule has 0 spiro atoms. The molecule has 0 bridgehead atoms. The topological polar surface area (TPSA) is 139 Å². The second-order valence-electron chi connectivity index (χ2n) is 8.47. The van der Waals surface area contributed by atoms with Crippen molar-refractivity contribution < 1.29 is 24.2 Å². The summed E-state index contributed by atoms with van der Waals surface area (Å²) in [6.45, 7) is 2.24. The van der Waals surface area contributed by atoms with Gasteiger partial charge in [0.2, 0.25) is 17.7 Å². The van der Waals surface area contributed by atoms with Crippen LogP contribution >= 0.6 is 0 Å². The van der Waals surface area contributed by atoms with Crippen LogP contribution in [0.1, 0.15) is 38.2 Å². The van der Waals surface area contributed by atoms with Gasteiger partial charge in [0.15, 0.2) is 0 Å². The molecule has 0 radical (unpaired) electrons. The molecule has 2 aliphatic rings. The number of carbonyl (C=O) groups excluding carboxylic acids is 3. The molecule has 3 rings (SSSR count). The van der Waals surface area contributed by atoms with E-state index >= 15 is 0 Å². The minimum Gasteiger partial charge on any atom is -0.497 e. The smallest absolute Gasteiger partial charge is 0.246 e. The van der Waals surface area contributed by atoms with Gasteiger partial charge in [-0.15, -0.1) is 0 Å². The lowest BCUT2D eigenvalue weighted by atomic mass is 9.86. The van der Waals surface area contributed by atoms with Crippen LogP contribution in [0.2, 0.25) is 0 Å². The first-order valence-corrected chi connectivity index (χ1v) is 10.7. The number of nitrogens with two attached hydrogens (primary N) is 2. The maximum absolute atomic E-state index is 13.6. The zero-order valence-electron chi connectivity index (χ0n) is 18.1. The van der Waals surface area contributed by atoms with Gasteiger partial charge in [-0.25, -0.2) is 0 Å². The second-order valence-corrected chi connectivity index (χ2v) is 8.47. The highest BCUT2D eigenvalue weighted by atomic mass is 16.5.